The van der Waals surface area contributed by atoms with Crippen molar-refractivity contribution in [3.05, 3.63) is 62.7 Å². The number of ether oxygens (including phenoxy) is 6. The van der Waals surface area contributed by atoms with E-state index in [-0.39, 0.29) is 42.4 Å². The molecule has 0 amide bonds. The largest absolute Gasteiger partial charge is 0.504 e. The molecule has 2 fully saturated rings. The van der Waals surface area contributed by atoms with Crippen LogP contribution < -0.4 is 29.0 Å². The van der Waals surface area contributed by atoms with Gasteiger partial charge in [-0.3, -0.25) is 19.9 Å². The number of aliphatic hydroxyl groups excluding tert-OH is 1. The highest BCUT2D eigenvalue weighted by molar-refractivity contribution is 7.99. The summed E-state index contributed by atoms with van der Waals surface area (Å²) in [6.45, 7) is 7.28. The number of likely N-dealkylation sites (N-methyl/N-ethyl adjacent to an activating group) is 1. The van der Waals surface area contributed by atoms with Crippen molar-refractivity contribution in [1.29, 1.82) is 0 Å². The second-order valence-corrected chi connectivity index (χ2v) is 16.7. The average Bonchev–Trinajstić information content (AvgIpc) is 3.65. The Morgan fingerprint density at radius 2 is 1.78 bits per heavy atom. The first-order valence-electron chi connectivity index (χ1n) is 18.4. The molecule has 4 unspecified atom stereocenters. The zero-order valence-electron chi connectivity index (χ0n) is 31.8. The van der Waals surface area contributed by atoms with Gasteiger partial charge in [-0.05, 0) is 81.1 Å². The molecule has 3 aromatic carbocycles. The third kappa shape index (κ3) is 4.82. The minimum Gasteiger partial charge on any atom is -0.504 e. The van der Waals surface area contributed by atoms with Crippen molar-refractivity contribution in [3.8, 4) is 40.2 Å². The van der Waals surface area contributed by atoms with Gasteiger partial charge in [0.2, 0.25) is 6.79 Å². The Hall–Kier alpha value is -4.41. The van der Waals surface area contributed by atoms with Gasteiger partial charge in [-0.25, -0.2) is 4.79 Å². The molecule has 4 bridgehead atoms. The third-order valence-electron chi connectivity index (χ3n) is 12.9. The maximum absolute atomic E-state index is 14.8. The third-order valence-corrected chi connectivity index (χ3v) is 14.3. The van der Waals surface area contributed by atoms with E-state index >= 15 is 0 Å². The van der Waals surface area contributed by atoms with Gasteiger partial charge in [0.1, 0.15) is 18.6 Å². The van der Waals surface area contributed by atoms with Crippen LogP contribution in [0.1, 0.15) is 82.1 Å². The van der Waals surface area contributed by atoms with Crippen LogP contribution in [0.3, 0.4) is 0 Å². The molecule has 0 aromatic heterocycles. The van der Waals surface area contributed by atoms with Crippen molar-refractivity contribution >= 4 is 23.7 Å². The van der Waals surface area contributed by atoms with Crippen LogP contribution in [0.2, 0.25) is 0 Å². The Kier molecular flexibility index (Phi) is 8.27. The molecule has 55 heavy (non-hydrogen) atoms. The fourth-order valence-electron chi connectivity index (χ4n) is 10.1. The van der Waals surface area contributed by atoms with Crippen LogP contribution in [0.4, 0.5) is 0 Å². The highest BCUT2D eigenvalue weighted by atomic mass is 32.2. The number of benzene rings is 3. The smallest absolute Gasteiger partial charge is 0.331 e. The molecule has 4 N–H and O–H groups in total. The Morgan fingerprint density at radius 1 is 1.02 bits per heavy atom. The van der Waals surface area contributed by atoms with Crippen LogP contribution in [-0.4, -0.2) is 96.3 Å². The quantitative estimate of drug-likeness (QED) is 0.222. The lowest BCUT2D eigenvalue weighted by molar-refractivity contribution is -0.192. The van der Waals surface area contributed by atoms with E-state index in [2.05, 4.69) is 23.2 Å². The molecule has 11 rings (SSSR count). The lowest BCUT2D eigenvalue weighted by Crippen LogP contribution is -2.70. The second kappa shape index (κ2) is 12.5. The molecular weight excluding hydrogens is 731 g/mol. The maximum atomic E-state index is 14.8. The normalized spacial score (nSPS) is 31.5. The van der Waals surface area contributed by atoms with Crippen molar-refractivity contribution in [2.75, 3.05) is 47.0 Å². The maximum Gasteiger partial charge on any atom is 0.331 e. The van der Waals surface area contributed by atoms with E-state index in [9.17, 15) is 24.9 Å². The van der Waals surface area contributed by atoms with Crippen molar-refractivity contribution in [3.63, 3.8) is 0 Å². The zero-order chi connectivity index (χ0) is 38.9. The molecule has 3 aromatic rings. The molecule has 14 nitrogen and oxygen atoms in total. The summed E-state index contributed by atoms with van der Waals surface area (Å²) >= 11 is 1.42. The lowest BCUT2D eigenvalue weighted by Gasteiger charge is -2.63. The Bertz CT molecular complexity index is 2180. The fraction of sp³-hybridized carbons (Fsp3) is 0.500. The molecule has 8 aliphatic rings. The number of thioether (sulfide) groups is 1. The summed E-state index contributed by atoms with van der Waals surface area (Å²) in [4.78, 5) is 31.8. The number of rotatable bonds is 3. The fourth-order valence-corrected chi connectivity index (χ4v) is 11.8. The number of fused-ring (bicyclic) bond motifs is 5. The van der Waals surface area contributed by atoms with Crippen molar-refractivity contribution in [2.45, 2.75) is 81.2 Å². The average molecular weight is 776 g/mol. The molecule has 8 aliphatic heterocycles. The first-order chi connectivity index (χ1) is 26.3. The molecule has 0 saturated carbocycles. The SMILES string of the molecule is COc1cc2c(cc1O)CCNC21CS[C@@H]2c3c(OC(C)=O)c(C)c4c(c3[C@H](COC1=O)N1[C@@H]2c2c(cc(C)c(OC)c2O)C2(C)CC([C@@H]1O)N2C)OCO4. The van der Waals surface area contributed by atoms with Gasteiger partial charge in [0, 0.05) is 47.0 Å². The van der Waals surface area contributed by atoms with E-state index in [0.717, 1.165) is 16.7 Å². The molecule has 8 heterocycles. The number of hydrogen-bond donors (Lipinski definition) is 4. The van der Waals surface area contributed by atoms with Crippen LogP contribution in [0.15, 0.2) is 18.2 Å². The number of carbonyl (C=O) groups excluding carboxylic acids is 2. The van der Waals surface area contributed by atoms with Gasteiger partial charge in [0.25, 0.3) is 0 Å². The predicted octanol–water partition coefficient (Wildman–Crippen LogP) is 4.11. The highest BCUT2D eigenvalue weighted by Gasteiger charge is 2.62. The van der Waals surface area contributed by atoms with Gasteiger partial charge in [-0.1, -0.05) is 0 Å². The summed E-state index contributed by atoms with van der Waals surface area (Å²) in [6, 6.07) is 3.43. The Morgan fingerprint density at radius 3 is 2.49 bits per heavy atom. The number of nitrogens with zero attached hydrogens (tertiary/aromatic N) is 2. The molecule has 0 radical (unpaired) electrons. The number of methoxy groups -OCH3 is 2. The van der Waals surface area contributed by atoms with Crippen molar-refractivity contribution in [1.82, 2.24) is 15.1 Å². The van der Waals surface area contributed by atoms with E-state index in [4.69, 9.17) is 28.4 Å². The van der Waals surface area contributed by atoms with Crippen molar-refractivity contribution in [2.24, 2.45) is 0 Å². The first-order valence-corrected chi connectivity index (χ1v) is 19.5. The summed E-state index contributed by atoms with van der Waals surface area (Å²) in [5.41, 5.74) is 3.44. The summed E-state index contributed by atoms with van der Waals surface area (Å²) in [5, 5.41) is 38.7. The number of aromatic hydroxyl groups is 2. The molecule has 2 saturated heterocycles. The van der Waals surface area contributed by atoms with Crippen LogP contribution in [0.5, 0.6) is 40.2 Å². The van der Waals surface area contributed by atoms with Crippen LogP contribution in [0.25, 0.3) is 0 Å². The minimum absolute atomic E-state index is 0.0303. The van der Waals surface area contributed by atoms with Crippen LogP contribution in [0, 0.1) is 13.8 Å². The monoisotopic (exact) mass is 775 g/mol. The van der Waals surface area contributed by atoms with E-state index in [1.54, 1.807) is 12.1 Å². The van der Waals surface area contributed by atoms with E-state index in [1.165, 1.54) is 32.9 Å². The van der Waals surface area contributed by atoms with E-state index < -0.39 is 46.6 Å². The summed E-state index contributed by atoms with van der Waals surface area (Å²) in [7, 11) is 4.95. The van der Waals surface area contributed by atoms with Gasteiger partial charge in [-0.2, -0.15) is 0 Å². The number of phenolic OH excluding ortho intramolecular Hbond substituents is 2. The molecule has 292 valence electrons. The molecule has 8 atom stereocenters. The number of esters is 2. The van der Waals surface area contributed by atoms with Crippen molar-refractivity contribution < 1.29 is 53.3 Å². The van der Waals surface area contributed by atoms with E-state index in [1.807, 2.05) is 25.8 Å². The van der Waals surface area contributed by atoms with Gasteiger partial charge in [0.05, 0.1) is 37.6 Å². The minimum atomic E-state index is -1.39. The van der Waals surface area contributed by atoms with Gasteiger partial charge >= 0.3 is 11.9 Å². The summed E-state index contributed by atoms with van der Waals surface area (Å²) < 4.78 is 36.1. The second-order valence-electron chi connectivity index (χ2n) is 15.5. The molecule has 0 aliphatic carbocycles. The Labute approximate surface area is 322 Å². The van der Waals surface area contributed by atoms with Gasteiger partial charge in [0.15, 0.2) is 40.0 Å². The number of phenols is 2. The molecule has 15 heteroatoms. The topological polar surface area (TPSA) is 169 Å². The van der Waals surface area contributed by atoms with E-state index in [0.29, 0.717) is 70.2 Å². The Balaban J connectivity index is 1.36. The molecule has 1 spiro atoms. The summed E-state index contributed by atoms with van der Waals surface area (Å²) in [5.74, 6) is 0.620. The predicted molar refractivity (Wildman–Crippen MR) is 199 cm³/mol. The number of nitrogens with one attached hydrogen (secondary N) is 1. The van der Waals surface area contributed by atoms with Crippen LogP contribution in [-0.2, 0) is 31.8 Å². The molecular formula is C40H45N3O11S. The number of carbonyl (C=O) groups is 2. The standard InChI is InChI=1S/C40H45N3O11S/c1-17-10-22-27(31(46)32(17)50-7)30-36-29-28(35-34(52-16-53-35)18(2)33(29)54-19(3)44)24(43(30)37(47)23-13-39(22,4)42(23)5)14-51-38(48)40(15-55-36)21-12-26(49-6)25(45)11-20(21)8-9-41-40/h10-12,23-24,30,36-37,41,45-47H,8-9,13-16H2,1-7H3/t23?,24-,30+,36+,37-,39?,40?/m0/s1. The lowest BCUT2D eigenvalue weighted by atomic mass is 9.67. The first kappa shape index (κ1) is 36.2. The number of aliphatic hydroxyl groups is 1. The van der Waals surface area contributed by atoms with Crippen LogP contribution >= 0.6 is 11.8 Å². The zero-order valence-corrected chi connectivity index (χ0v) is 32.6. The van der Waals surface area contributed by atoms with Gasteiger partial charge in [-0.15, -0.1) is 11.8 Å². The highest BCUT2D eigenvalue weighted by Crippen LogP contribution is 2.67. The summed E-state index contributed by atoms with van der Waals surface area (Å²) in [6.07, 6.45) is 0.0389. The van der Waals surface area contributed by atoms with Gasteiger partial charge < -0.3 is 43.7 Å². The number of hydrogen-bond acceptors (Lipinski definition) is 15. The number of aryl methyl sites for hydroxylation is 1.